The van der Waals surface area contributed by atoms with Crippen LogP contribution in [-0.4, -0.2) is 40.0 Å². The maximum absolute atomic E-state index is 11.5. The highest BCUT2D eigenvalue weighted by molar-refractivity contribution is 5.90. The lowest BCUT2D eigenvalue weighted by molar-refractivity contribution is 0.0600. The Bertz CT molecular complexity index is 696. The van der Waals surface area contributed by atoms with Gasteiger partial charge in [-0.1, -0.05) is 6.92 Å². The van der Waals surface area contributed by atoms with E-state index in [-0.39, 0.29) is 0 Å². The first-order valence-electron chi connectivity index (χ1n) is 8.42. The smallest absolute Gasteiger partial charge is 0.337 e. The van der Waals surface area contributed by atoms with E-state index in [1.54, 1.807) is 18.2 Å². The number of esters is 1. The maximum atomic E-state index is 11.5. The van der Waals surface area contributed by atoms with Gasteiger partial charge in [0.2, 0.25) is 0 Å². The zero-order valence-electron chi connectivity index (χ0n) is 15.3. The monoisotopic (exact) mass is 360 g/mol. The predicted molar refractivity (Wildman–Crippen MR) is 97.6 cm³/mol. The minimum absolute atomic E-state index is 0.335. The fourth-order valence-electron chi connectivity index (χ4n) is 2.19. The summed E-state index contributed by atoms with van der Waals surface area (Å²) in [6, 6.07) is 12.3. The summed E-state index contributed by atoms with van der Waals surface area (Å²) in [5.74, 6) is 2.14. The molecule has 0 aliphatic heterocycles. The summed E-state index contributed by atoms with van der Waals surface area (Å²) in [5.41, 5.74) is 0.401. The molecule has 0 heterocycles. The Balaban J connectivity index is 1.83. The van der Waals surface area contributed by atoms with Crippen molar-refractivity contribution in [1.29, 1.82) is 0 Å². The van der Waals surface area contributed by atoms with E-state index in [9.17, 15) is 4.79 Å². The van der Waals surface area contributed by atoms with Gasteiger partial charge in [0, 0.05) is 0 Å². The van der Waals surface area contributed by atoms with E-state index >= 15 is 0 Å². The first kappa shape index (κ1) is 19.4. The number of hydrogen-bond donors (Lipinski definition) is 0. The fourth-order valence-corrected chi connectivity index (χ4v) is 2.19. The van der Waals surface area contributed by atoms with Gasteiger partial charge in [-0.15, -0.1) is 0 Å². The largest absolute Gasteiger partial charge is 0.494 e. The maximum Gasteiger partial charge on any atom is 0.337 e. The van der Waals surface area contributed by atoms with Gasteiger partial charge in [-0.25, -0.2) is 4.79 Å². The number of hydrogen-bond acceptors (Lipinski definition) is 6. The molecule has 0 unspecified atom stereocenters. The van der Waals surface area contributed by atoms with Gasteiger partial charge in [0.25, 0.3) is 0 Å². The van der Waals surface area contributed by atoms with Crippen molar-refractivity contribution in [1.82, 2.24) is 0 Å². The van der Waals surface area contributed by atoms with Crippen LogP contribution in [0.1, 0.15) is 23.7 Å². The third kappa shape index (κ3) is 5.58. The molecule has 0 amide bonds. The van der Waals surface area contributed by atoms with Crippen molar-refractivity contribution in [2.45, 2.75) is 13.3 Å². The second kappa shape index (κ2) is 10.2. The third-order valence-electron chi connectivity index (χ3n) is 3.49. The molecule has 2 aromatic rings. The summed E-state index contributed by atoms with van der Waals surface area (Å²) in [6.45, 7) is 3.47. The number of rotatable bonds is 10. The summed E-state index contributed by atoms with van der Waals surface area (Å²) in [7, 11) is 2.85. The van der Waals surface area contributed by atoms with E-state index in [2.05, 4.69) is 11.7 Å². The number of carbonyl (C=O) groups is 1. The van der Waals surface area contributed by atoms with Crippen molar-refractivity contribution < 1.29 is 28.5 Å². The highest BCUT2D eigenvalue weighted by atomic mass is 16.5. The van der Waals surface area contributed by atoms with Gasteiger partial charge < -0.3 is 23.7 Å². The van der Waals surface area contributed by atoms with Gasteiger partial charge in [0.1, 0.15) is 24.7 Å². The molecule has 0 saturated heterocycles. The minimum atomic E-state index is -0.426. The van der Waals surface area contributed by atoms with E-state index in [4.69, 9.17) is 18.9 Å². The van der Waals surface area contributed by atoms with Gasteiger partial charge >= 0.3 is 5.97 Å². The molecule has 0 aliphatic rings. The van der Waals surface area contributed by atoms with E-state index in [1.807, 2.05) is 24.3 Å². The molecule has 0 saturated carbocycles. The number of methoxy groups -OCH3 is 2. The standard InChI is InChI=1S/C20H24O6/c1-4-11-24-16-6-8-17(9-7-16)25-12-13-26-18-10-5-15(20(21)23-3)14-19(18)22-2/h5-10,14H,4,11-13H2,1-3H3. The second-order valence-corrected chi connectivity index (χ2v) is 5.37. The van der Waals surface area contributed by atoms with Crippen LogP contribution in [-0.2, 0) is 4.74 Å². The number of benzene rings is 2. The Kier molecular flexibility index (Phi) is 7.61. The number of carbonyl (C=O) groups excluding carboxylic acids is 1. The molecule has 2 rings (SSSR count). The van der Waals surface area contributed by atoms with Crippen molar-refractivity contribution in [2.75, 3.05) is 34.0 Å². The second-order valence-electron chi connectivity index (χ2n) is 5.37. The summed E-state index contributed by atoms with van der Waals surface area (Å²) < 4.78 is 26.8. The molecule has 0 bridgehead atoms. The van der Waals surface area contributed by atoms with Crippen LogP contribution in [0.5, 0.6) is 23.0 Å². The van der Waals surface area contributed by atoms with Gasteiger partial charge in [-0.3, -0.25) is 0 Å². The quantitative estimate of drug-likeness (QED) is 0.475. The van der Waals surface area contributed by atoms with E-state index in [1.165, 1.54) is 14.2 Å². The molecule has 26 heavy (non-hydrogen) atoms. The molecule has 0 fully saturated rings. The first-order chi connectivity index (χ1) is 12.7. The molecular formula is C20H24O6. The molecule has 6 nitrogen and oxygen atoms in total. The molecule has 0 N–H and O–H groups in total. The summed E-state index contributed by atoms with van der Waals surface area (Å²) >= 11 is 0. The van der Waals surface area contributed by atoms with Crippen molar-refractivity contribution >= 4 is 5.97 Å². The van der Waals surface area contributed by atoms with E-state index in [0.717, 1.165) is 17.9 Å². The lowest BCUT2D eigenvalue weighted by Crippen LogP contribution is -2.10. The van der Waals surface area contributed by atoms with Gasteiger partial charge in [0.15, 0.2) is 11.5 Å². The minimum Gasteiger partial charge on any atom is -0.494 e. The van der Waals surface area contributed by atoms with Crippen molar-refractivity contribution in [3.05, 3.63) is 48.0 Å². The van der Waals surface area contributed by atoms with E-state index < -0.39 is 5.97 Å². The van der Waals surface area contributed by atoms with Gasteiger partial charge in [0.05, 0.1) is 26.4 Å². The van der Waals surface area contributed by atoms with Crippen molar-refractivity contribution in [3.8, 4) is 23.0 Å². The topological polar surface area (TPSA) is 63.2 Å². The van der Waals surface area contributed by atoms with Crippen molar-refractivity contribution in [3.63, 3.8) is 0 Å². The lowest BCUT2D eigenvalue weighted by Gasteiger charge is -2.12. The van der Waals surface area contributed by atoms with Gasteiger partial charge in [-0.2, -0.15) is 0 Å². The Morgan fingerprint density at radius 3 is 2.00 bits per heavy atom. The Labute approximate surface area is 153 Å². The zero-order chi connectivity index (χ0) is 18.8. The van der Waals surface area contributed by atoms with Crippen molar-refractivity contribution in [2.24, 2.45) is 0 Å². The Hall–Kier alpha value is -2.89. The fraction of sp³-hybridized carbons (Fsp3) is 0.350. The summed E-state index contributed by atoms with van der Waals surface area (Å²) in [5, 5.41) is 0. The molecule has 0 aliphatic carbocycles. The van der Waals surface area contributed by atoms with Gasteiger partial charge in [-0.05, 0) is 48.9 Å². The average molecular weight is 360 g/mol. The van der Waals surface area contributed by atoms with Crippen LogP contribution in [0, 0.1) is 0 Å². The van der Waals surface area contributed by atoms with Crippen LogP contribution >= 0.6 is 0 Å². The first-order valence-corrected chi connectivity index (χ1v) is 8.42. The normalized spacial score (nSPS) is 10.1. The summed E-state index contributed by atoms with van der Waals surface area (Å²) in [4.78, 5) is 11.5. The van der Waals surface area contributed by atoms with Crippen LogP contribution in [0.4, 0.5) is 0 Å². The van der Waals surface area contributed by atoms with Crippen LogP contribution in [0.3, 0.4) is 0 Å². The average Bonchev–Trinajstić information content (AvgIpc) is 2.69. The molecule has 6 heteroatoms. The highest BCUT2D eigenvalue weighted by Crippen LogP contribution is 2.28. The Morgan fingerprint density at radius 1 is 0.808 bits per heavy atom. The Morgan fingerprint density at radius 2 is 1.42 bits per heavy atom. The molecule has 140 valence electrons. The lowest BCUT2D eigenvalue weighted by atomic mass is 10.2. The highest BCUT2D eigenvalue weighted by Gasteiger charge is 2.11. The molecule has 0 aromatic heterocycles. The molecule has 2 aromatic carbocycles. The van der Waals surface area contributed by atoms with Crippen LogP contribution in [0.2, 0.25) is 0 Å². The molecular weight excluding hydrogens is 336 g/mol. The third-order valence-corrected chi connectivity index (χ3v) is 3.49. The van der Waals surface area contributed by atoms with E-state index in [0.29, 0.717) is 36.9 Å². The molecule has 0 radical (unpaired) electrons. The SMILES string of the molecule is CCCOc1ccc(OCCOc2ccc(C(=O)OC)cc2OC)cc1. The number of ether oxygens (including phenoxy) is 5. The predicted octanol–water partition coefficient (Wildman–Crippen LogP) is 3.73. The molecule has 0 spiro atoms. The van der Waals surface area contributed by atoms with Crippen LogP contribution < -0.4 is 18.9 Å². The van der Waals surface area contributed by atoms with Crippen LogP contribution in [0.25, 0.3) is 0 Å². The van der Waals surface area contributed by atoms with Crippen LogP contribution in [0.15, 0.2) is 42.5 Å². The molecule has 0 atom stereocenters. The zero-order valence-corrected chi connectivity index (χ0v) is 15.3. The summed E-state index contributed by atoms with van der Waals surface area (Å²) in [6.07, 6.45) is 0.972.